The number of hydrogen-bond donors (Lipinski definition) is 2. The van der Waals surface area contributed by atoms with E-state index in [1.807, 2.05) is 13.0 Å². The normalized spacial score (nSPS) is 22.3. The van der Waals surface area contributed by atoms with Crippen LogP contribution in [0.5, 0.6) is 5.75 Å². The highest BCUT2D eigenvalue weighted by atomic mass is 19.1. The molecule has 1 aliphatic heterocycles. The Morgan fingerprint density at radius 3 is 2.37 bits per heavy atom. The Morgan fingerprint density at radius 2 is 1.79 bits per heavy atom. The second kappa shape index (κ2) is 11.6. The molecule has 3 aliphatic carbocycles. The maximum atomic E-state index is 14.6. The number of carbonyl (C=O) groups excluding carboxylic acids is 1. The van der Waals surface area contributed by atoms with Crippen LogP contribution in [-0.4, -0.2) is 35.0 Å². The highest BCUT2D eigenvalue weighted by molar-refractivity contribution is 5.91. The van der Waals surface area contributed by atoms with E-state index in [1.54, 1.807) is 24.3 Å². The number of benzene rings is 2. The van der Waals surface area contributed by atoms with Gasteiger partial charge in [-0.2, -0.15) is 0 Å². The molecule has 0 aromatic heterocycles. The van der Waals surface area contributed by atoms with E-state index >= 15 is 0 Å². The van der Waals surface area contributed by atoms with E-state index in [0.29, 0.717) is 40.5 Å². The zero-order valence-corrected chi connectivity index (χ0v) is 22.4. The van der Waals surface area contributed by atoms with Gasteiger partial charge >= 0.3 is 5.97 Å². The standard InChI is InChI=1S/C22H23FO3.C10H17NO/c23-19-10-4-9-17(21(19)14-5-3-6-14)18-13-15(22(24)25)11-12-20(18)26-16-7-1-2-8-16;1-2-9(12)8-6-10(11-7-8)4-3-5-10/h4,9-14,16H,1-3,5-8H2,(H,24,25);8,11H,2-7H2,1H3/t;8-/m.1/s1. The molecular weight excluding hydrogens is 481 g/mol. The number of rotatable bonds is 7. The summed E-state index contributed by atoms with van der Waals surface area (Å²) < 4.78 is 20.9. The summed E-state index contributed by atoms with van der Waals surface area (Å²) in [5.41, 5.74) is 2.76. The van der Waals surface area contributed by atoms with Gasteiger partial charge in [0.15, 0.2) is 0 Å². The van der Waals surface area contributed by atoms with Crippen molar-refractivity contribution >= 4 is 11.8 Å². The van der Waals surface area contributed by atoms with Gasteiger partial charge in [0.1, 0.15) is 17.3 Å². The monoisotopic (exact) mass is 521 g/mol. The van der Waals surface area contributed by atoms with Crippen LogP contribution in [0.2, 0.25) is 0 Å². The molecular formula is C32H40FNO4. The van der Waals surface area contributed by atoms with Gasteiger partial charge in [0.25, 0.3) is 0 Å². The second-order valence-corrected chi connectivity index (χ2v) is 11.6. The van der Waals surface area contributed by atoms with E-state index in [4.69, 9.17) is 4.74 Å². The zero-order chi connectivity index (χ0) is 26.7. The number of carboxylic acid groups (broad SMARTS) is 1. The van der Waals surface area contributed by atoms with Gasteiger partial charge in [-0.3, -0.25) is 4.79 Å². The maximum absolute atomic E-state index is 14.6. The van der Waals surface area contributed by atoms with Crippen LogP contribution in [0.15, 0.2) is 36.4 Å². The third-order valence-electron chi connectivity index (χ3n) is 9.15. The highest BCUT2D eigenvalue weighted by Crippen LogP contribution is 2.45. The number of Topliss-reactive ketones (excluding diaryl/α,β-unsaturated/α-hetero) is 1. The first-order valence-electron chi connectivity index (χ1n) is 14.5. The lowest BCUT2D eigenvalue weighted by Crippen LogP contribution is -2.45. The SMILES string of the molecule is CCC(=O)[C@H]1CNC2(CCC2)C1.O=C(O)c1ccc(OC2CCCC2)c(-c2cccc(F)c2C2CCC2)c1. The van der Waals surface area contributed by atoms with Crippen LogP contribution in [0.4, 0.5) is 4.39 Å². The molecule has 3 saturated carbocycles. The minimum Gasteiger partial charge on any atom is -0.490 e. The lowest BCUT2D eigenvalue weighted by atomic mass is 9.74. The fraction of sp³-hybridized carbons (Fsp3) is 0.562. The van der Waals surface area contributed by atoms with E-state index < -0.39 is 5.97 Å². The molecule has 2 aromatic carbocycles. The number of halogens is 1. The minimum atomic E-state index is -0.986. The number of ether oxygens (including phenoxy) is 1. The second-order valence-electron chi connectivity index (χ2n) is 11.6. The third kappa shape index (κ3) is 5.66. The van der Waals surface area contributed by atoms with E-state index in [2.05, 4.69) is 5.32 Å². The fourth-order valence-electron chi connectivity index (χ4n) is 6.50. The molecule has 38 heavy (non-hydrogen) atoms. The summed E-state index contributed by atoms with van der Waals surface area (Å²) in [4.78, 5) is 22.9. The molecule has 2 N–H and O–H groups in total. The zero-order valence-electron chi connectivity index (χ0n) is 22.4. The maximum Gasteiger partial charge on any atom is 0.335 e. The quantitative estimate of drug-likeness (QED) is 0.400. The van der Waals surface area contributed by atoms with Crippen molar-refractivity contribution in [1.29, 1.82) is 0 Å². The first-order valence-corrected chi connectivity index (χ1v) is 14.5. The summed E-state index contributed by atoms with van der Waals surface area (Å²) in [6, 6.07) is 10.0. The molecule has 1 spiro atoms. The molecule has 4 aliphatic rings. The van der Waals surface area contributed by atoms with Gasteiger partial charge in [-0.1, -0.05) is 25.5 Å². The van der Waals surface area contributed by atoms with Crippen molar-refractivity contribution in [2.45, 2.75) is 102 Å². The average Bonchev–Trinajstić information content (AvgIpc) is 3.55. The van der Waals surface area contributed by atoms with Gasteiger partial charge in [0.2, 0.25) is 0 Å². The van der Waals surface area contributed by atoms with Gasteiger partial charge in [-0.05, 0) is 106 Å². The molecule has 204 valence electrons. The van der Waals surface area contributed by atoms with Crippen LogP contribution < -0.4 is 10.1 Å². The first-order chi connectivity index (χ1) is 18.4. The average molecular weight is 522 g/mol. The summed E-state index contributed by atoms with van der Waals surface area (Å²) in [5, 5.41) is 12.9. The molecule has 6 heteroatoms. The van der Waals surface area contributed by atoms with E-state index in [1.165, 1.54) is 25.3 Å². The summed E-state index contributed by atoms with van der Waals surface area (Å²) in [7, 11) is 0. The summed E-state index contributed by atoms with van der Waals surface area (Å²) in [6.45, 7) is 2.90. The van der Waals surface area contributed by atoms with Crippen molar-refractivity contribution in [3.05, 3.63) is 53.3 Å². The Labute approximate surface area is 225 Å². The lowest BCUT2D eigenvalue weighted by molar-refractivity contribution is -0.122. The van der Waals surface area contributed by atoms with Gasteiger partial charge in [-0.15, -0.1) is 0 Å². The molecule has 6 rings (SSSR count). The molecule has 1 atom stereocenters. The summed E-state index contributed by atoms with van der Waals surface area (Å²) in [6.07, 6.45) is 13.3. The molecule has 0 radical (unpaired) electrons. The molecule has 1 saturated heterocycles. The van der Waals surface area contributed by atoms with Crippen molar-refractivity contribution in [2.75, 3.05) is 6.54 Å². The number of ketones is 1. The van der Waals surface area contributed by atoms with Gasteiger partial charge in [0.05, 0.1) is 11.7 Å². The van der Waals surface area contributed by atoms with Gasteiger partial charge in [0, 0.05) is 30.0 Å². The van der Waals surface area contributed by atoms with Crippen molar-refractivity contribution in [3.63, 3.8) is 0 Å². The molecule has 4 fully saturated rings. The molecule has 0 bridgehead atoms. The largest absolute Gasteiger partial charge is 0.490 e. The predicted octanol–water partition coefficient (Wildman–Crippen LogP) is 7.28. The molecule has 0 amide bonds. The molecule has 2 aromatic rings. The van der Waals surface area contributed by atoms with Crippen LogP contribution in [0.1, 0.15) is 106 Å². The molecule has 1 heterocycles. The Hall–Kier alpha value is -2.73. The van der Waals surface area contributed by atoms with Crippen LogP contribution in [0, 0.1) is 11.7 Å². The van der Waals surface area contributed by atoms with Crippen molar-refractivity contribution in [2.24, 2.45) is 5.92 Å². The minimum absolute atomic E-state index is 0.158. The smallest absolute Gasteiger partial charge is 0.335 e. The Balaban J connectivity index is 0.000000204. The van der Waals surface area contributed by atoms with Crippen LogP contribution in [0.3, 0.4) is 0 Å². The van der Waals surface area contributed by atoms with E-state index in [-0.39, 0.29) is 23.4 Å². The van der Waals surface area contributed by atoms with Crippen LogP contribution >= 0.6 is 0 Å². The number of nitrogens with one attached hydrogen (secondary N) is 1. The Morgan fingerprint density at radius 1 is 1.03 bits per heavy atom. The summed E-state index contributed by atoms with van der Waals surface area (Å²) >= 11 is 0. The predicted molar refractivity (Wildman–Crippen MR) is 146 cm³/mol. The number of carbonyl (C=O) groups is 2. The molecule has 5 nitrogen and oxygen atoms in total. The van der Waals surface area contributed by atoms with E-state index in [0.717, 1.165) is 63.5 Å². The fourth-order valence-corrected chi connectivity index (χ4v) is 6.50. The highest BCUT2D eigenvalue weighted by Gasteiger charge is 2.44. The third-order valence-corrected chi connectivity index (χ3v) is 9.15. The van der Waals surface area contributed by atoms with E-state index in [9.17, 15) is 19.1 Å². The van der Waals surface area contributed by atoms with Crippen molar-refractivity contribution in [3.8, 4) is 16.9 Å². The summed E-state index contributed by atoms with van der Waals surface area (Å²) in [5.74, 6) is 0.452. The van der Waals surface area contributed by atoms with Gasteiger partial charge < -0.3 is 15.2 Å². The number of hydrogen-bond acceptors (Lipinski definition) is 4. The first kappa shape index (κ1) is 26.9. The van der Waals surface area contributed by atoms with Crippen molar-refractivity contribution < 1.29 is 23.8 Å². The number of carboxylic acids is 1. The van der Waals surface area contributed by atoms with Crippen LogP contribution in [0.25, 0.3) is 11.1 Å². The Kier molecular flexibility index (Phi) is 8.18. The number of aromatic carboxylic acids is 1. The Bertz CT molecular complexity index is 1160. The van der Waals surface area contributed by atoms with Crippen LogP contribution in [-0.2, 0) is 4.79 Å². The lowest BCUT2D eigenvalue weighted by Gasteiger charge is -2.38. The topological polar surface area (TPSA) is 75.6 Å². The van der Waals surface area contributed by atoms with Gasteiger partial charge in [-0.25, -0.2) is 9.18 Å². The molecule has 0 unspecified atom stereocenters. The van der Waals surface area contributed by atoms with Crippen molar-refractivity contribution in [1.82, 2.24) is 5.32 Å².